The summed E-state index contributed by atoms with van der Waals surface area (Å²) in [5.41, 5.74) is 4.11. The van der Waals surface area contributed by atoms with E-state index in [0.29, 0.717) is 18.7 Å². The molecule has 2 N–H and O–H groups in total. The second-order valence-electron chi connectivity index (χ2n) is 6.61. The maximum Gasteiger partial charge on any atom is 0.268 e. The molecule has 0 saturated heterocycles. The lowest BCUT2D eigenvalue weighted by molar-refractivity contribution is 0.474. The predicted molar refractivity (Wildman–Crippen MR) is 101 cm³/mol. The quantitative estimate of drug-likeness (QED) is 0.723. The van der Waals surface area contributed by atoms with Gasteiger partial charge in [-0.3, -0.25) is 0 Å². The number of rotatable bonds is 4. The molecular weight excluding hydrogens is 367 g/mol. The van der Waals surface area contributed by atoms with Gasteiger partial charge in [0.25, 0.3) is 10.0 Å². The topological polar surface area (TPSA) is 71.3 Å². The van der Waals surface area contributed by atoms with E-state index in [0.717, 1.165) is 34.7 Å². The Balaban J connectivity index is 1.99. The highest BCUT2D eigenvalue weighted by Gasteiger charge is 2.29. The van der Waals surface area contributed by atoms with Crippen LogP contribution in [0.3, 0.4) is 0 Å². The Hall–Kier alpha value is -2.64. The van der Waals surface area contributed by atoms with Crippen molar-refractivity contribution in [3.63, 3.8) is 0 Å². The van der Waals surface area contributed by atoms with E-state index in [2.05, 4.69) is 5.32 Å². The van der Waals surface area contributed by atoms with Crippen LogP contribution in [0.1, 0.15) is 16.7 Å². The van der Waals surface area contributed by atoms with Crippen molar-refractivity contribution in [1.29, 1.82) is 0 Å². The van der Waals surface area contributed by atoms with Gasteiger partial charge in [-0.25, -0.2) is 16.8 Å². The van der Waals surface area contributed by atoms with Gasteiger partial charge in [0, 0.05) is 18.3 Å². The van der Waals surface area contributed by atoms with Crippen LogP contribution in [-0.2, 0) is 29.4 Å². The van der Waals surface area contributed by atoms with Crippen molar-refractivity contribution >= 4 is 10.0 Å². The molecule has 0 bridgehead atoms. The Morgan fingerprint density at radius 3 is 2.74 bits per heavy atom. The third-order valence-corrected chi connectivity index (χ3v) is 6.53. The fourth-order valence-corrected chi connectivity index (χ4v) is 5.13. The number of hydrogen-bond donors (Lipinski definition) is 2. The Labute approximate surface area is 157 Å². The first-order valence-electron chi connectivity index (χ1n) is 8.63. The zero-order chi connectivity index (χ0) is 19.2. The number of halogens is 1. The predicted octanol–water partition coefficient (Wildman–Crippen LogP) is 3.05. The molecular formula is C20H19FN2O3S. The Bertz CT molecular complexity index is 1140. The number of phenolic OH excluding ortho intramolecular Hbond substituents is 1. The van der Waals surface area contributed by atoms with E-state index in [1.807, 2.05) is 0 Å². The Morgan fingerprint density at radius 1 is 1.19 bits per heavy atom. The summed E-state index contributed by atoms with van der Waals surface area (Å²) >= 11 is 0. The van der Waals surface area contributed by atoms with Gasteiger partial charge < -0.3 is 10.4 Å². The number of phenols is 1. The van der Waals surface area contributed by atoms with Gasteiger partial charge in [-0.2, -0.15) is 0 Å². The first-order valence-corrected chi connectivity index (χ1v) is 10.1. The smallest absolute Gasteiger partial charge is 0.268 e. The monoisotopic (exact) mass is 386 g/mol. The summed E-state index contributed by atoms with van der Waals surface area (Å²) in [6.07, 6.45) is 3.01. The number of aromatic nitrogens is 1. The number of nitrogens with zero attached hydrogens (tertiary/aromatic N) is 1. The van der Waals surface area contributed by atoms with E-state index < -0.39 is 15.8 Å². The number of benzene rings is 2. The molecule has 27 heavy (non-hydrogen) atoms. The summed E-state index contributed by atoms with van der Waals surface area (Å²) in [5.74, 6) is -0.448. The first kappa shape index (κ1) is 17.8. The minimum atomic E-state index is -3.97. The molecule has 0 radical (unpaired) electrons. The first-order chi connectivity index (χ1) is 12.9. The average Bonchev–Trinajstić information content (AvgIpc) is 3.01. The van der Waals surface area contributed by atoms with Crippen molar-refractivity contribution < 1.29 is 17.9 Å². The maximum absolute atomic E-state index is 13.7. The van der Waals surface area contributed by atoms with Gasteiger partial charge in [0.15, 0.2) is 0 Å². The highest BCUT2D eigenvalue weighted by Crippen LogP contribution is 2.39. The van der Waals surface area contributed by atoms with Crippen LogP contribution >= 0.6 is 0 Å². The van der Waals surface area contributed by atoms with Crippen molar-refractivity contribution in [2.75, 3.05) is 7.05 Å². The molecule has 1 aliphatic rings. The Kier molecular flexibility index (Phi) is 4.28. The van der Waals surface area contributed by atoms with Crippen LogP contribution < -0.4 is 5.32 Å². The minimum absolute atomic E-state index is 0.0952. The van der Waals surface area contributed by atoms with Crippen LogP contribution in [0.25, 0.3) is 11.3 Å². The van der Waals surface area contributed by atoms with Crippen molar-refractivity contribution in [3.8, 4) is 17.0 Å². The molecule has 4 rings (SSSR count). The second kappa shape index (κ2) is 6.51. The summed E-state index contributed by atoms with van der Waals surface area (Å²) in [4.78, 5) is -0.0952. The molecule has 7 heteroatoms. The zero-order valence-electron chi connectivity index (χ0n) is 14.7. The van der Waals surface area contributed by atoms with Crippen LogP contribution in [0, 0.1) is 5.82 Å². The van der Waals surface area contributed by atoms with Gasteiger partial charge in [0.05, 0.1) is 10.6 Å². The fourth-order valence-electron chi connectivity index (χ4n) is 3.68. The van der Waals surface area contributed by atoms with Crippen LogP contribution in [0.2, 0.25) is 0 Å². The lowest BCUT2D eigenvalue weighted by atomic mass is 9.88. The largest absolute Gasteiger partial charge is 0.508 e. The van der Waals surface area contributed by atoms with Gasteiger partial charge in [-0.05, 0) is 73.0 Å². The molecule has 0 amide bonds. The zero-order valence-corrected chi connectivity index (χ0v) is 15.6. The number of hydrogen-bond acceptors (Lipinski definition) is 4. The van der Waals surface area contributed by atoms with E-state index in [4.69, 9.17) is 0 Å². The lowest BCUT2D eigenvalue weighted by Gasteiger charge is -2.20. The van der Waals surface area contributed by atoms with Gasteiger partial charge in [0.1, 0.15) is 11.6 Å². The van der Waals surface area contributed by atoms with E-state index >= 15 is 0 Å². The normalized spacial score (nSPS) is 13.3. The summed E-state index contributed by atoms with van der Waals surface area (Å²) < 4.78 is 41.5. The molecule has 3 aromatic rings. The molecule has 1 aliphatic carbocycles. The van der Waals surface area contributed by atoms with Crippen molar-refractivity contribution in [3.05, 3.63) is 71.2 Å². The Morgan fingerprint density at radius 2 is 2.00 bits per heavy atom. The number of aryl methyl sites for hydroxylation is 1. The van der Waals surface area contributed by atoms with E-state index in [-0.39, 0.29) is 10.6 Å². The van der Waals surface area contributed by atoms with Crippen molar-refractivity contribution in [2.24, 2.45) is 0 Å². The number of nitrogens with one attached hydrogen (secondary N) is 1. The van der Waals surface area contributed by atoms with Gasteiger partial charge in [-0.1, -0.05) is 6.07 Å². The molecule has 0 atom stereocenters. The van der Waals surface area contributed by atoms with Gasteiger partial charge >= 0.3 is 0 Å². The molecule has 0 saturated carbocycles. The van der Waals surface area contributed by atoms with E-state index in [1.54, 1.807) is 31.4 Å². The molecule has 1 aromatic heterocycles. The lowest BCUT2D eigenvalue weighted by Crippen LogP contribution is -2.16. The third kappa shape index (κ3) is 2.93. The van der Waals surface area contributed by atoms with Crippen LogP contribution in [-0.4, -0.2) is 24.5 Å². The number of aromatic hydroxyl groups is 1. The average molecular weight is 386 g/mol. The maximum atomic E-state index is 13.7. The summed E-state index contributed by atoms with van der Waals surface area (Å²) in [5, 5.41) is 12.9. The molecule has 0 unspecified atom stereocenters. The van der Waals surface area contributed by atoms with Crippen LogP contribution in [0.15, 0.2) is 53.6 Å². The molecule has 140 valence electrons. The summed E-state index contributed by atoms with van der Waals surface area (Å²) in [6.45, 7) is 0.529. The van der Waals surface area contributed by atoms with E-state index in [1.165, 1.54) is 22.2 Å². The minimum Gasteiger partial charge on any atom is -0.508 e. The van der Waals surface area contributed by atoms with Gasteiger partial charge in [-0.15, -0.1) is 0 Å². The molecule has 5 nitrogen and oxygen atoms in total. The van der Waals surface area contributed by atoms with Crippen molar-refractivity contribution in [2.45, 2.75) is 24.3 Å². The molecule has 0 aliphatic heterocycles. The molecule has 0 fully saturated rings. The number of fused-ring (bicyclic) bond motifs is 3. The highest BCUT2D eigenvalue weighted by atomic mass is 32.2. The summed E-state index contributed by atoms with van der Waals surface area (Å²) in [6, 6.07) is 9.99. The van der Waals surface area contributed by atoms with Crippen LogP contribution in [0.4, 0.5) is 4.39 Å². The van der Waals surface area contributed by atoms with Crippen LogP contribution in [0.5, 0.6) is 5.75 Å². The second-order valence-corrected chi connectivity index (χ2v) is 8.43. The standard InChI is InChI=1S/C20H19FN2O3S/c1-22-11-14-12-23(27(25,26)17-4-2-3-15(21)10-17)20-18-8-6-16(24)9-13(18)5-7-19(14)20/h2-4,6,8-10,12,22,24H,5,7,11H2,1H3. The van der Waals surface area contributed by atoms with Crippen molar-refractivity contribution in [1.82, 2.24) is 9.29 Å². The molecule has 2 aromatic carbocycles. The fraction of sp³-hybridized carbons (Fsp3) is 0.200. The van der Waals surface area contributed by atoms with Gasteiger partial charge in [0.2, 0.25) is 0 Å². The molecule has 1 heterocycles. The highest BCUT2D eigenvalue weighted by molar-refractivity contribution is 7.90. The van der Waals surface area contributed by atoms with E-state index in [9.17, 15) is 17.9 Å². The molecule has 0 spiro atoms. The third-order valence-electron chi connectivity index (χ3n) is 4.88. The SMILES string of the molecule is CNCc1cn(S(=O)(=O)c2cccc(F)c2)c2c1CCc1cc(O)ccc1-2. The summed E-state index contributed by atoms with van der Waals surface area (Å²) in [7, 11) is -2.16.